The molecule has 0 spiro atoms. The smallest absolute Gasteiger partial charge is 0.410 e. The normalized spacial score (nSPS) is 17.5. The van der Waals surface area contributed by atoms with E-state index in [2.05, 4.69) is 15.7 Å². The summed E-state index contributed by atoms with van der Waals surface area (Å²) in [6.45, 7) is 0. The fraction of sp³-hybridized carbons (Fsp3) is 0.273. The van der Waals surface area contributed by atoms with E-state index in [1.165, 1.54) is 14.2 Å². The van der Waals surface area contributed by atoms with Gasteiger partial charge in [0.2, 0.25) is 0 Å². The van der Waals surface area contributed by atoms with Crippen LogP contribution < -0.4 is 20.1 Å². The first-order valence-electron chi connectivity index (χ1n) is 10.0. The van der Waals surface area contributed by atoms with Crippen molar-refractivity contribution in [2.24, 2.45) is 0 Å². The number of fused-ring (bicyclic) bond motifs is 1. The Balaban J connectivity index is 1.70. The molecule has 1 aliphatic heterocycles. The molecule has 0 radical (unpaired) electrons. The SMILES string of the molecule is COc1ccc(C2CC(C(F)(F)F)n3ncc(C(=O)Nc4ccc(F)cc4F)c3N2)cc1OC. The summed E-state index contributed by atoms with van der Waals surface area (Å²) in [4.78, 5) is 12.8. The zero-order valence-corrected chi connectivity index (χ0v) is 17.9. The molecule has 3 aromatic rings. The number of halogens is 5. The summed E-state index contributed by atoms with van der Waals surface area (Å²) >= 11 is 0. The van der Waals surface area contributed by atoms with Crippen LogP contribution in [0.1, 0.15) is 34.4 Å². The molecule has 2 aromatic carbocycles. The number of anilines is 2. The molecular weight excluding hydrogens is 463 g/mol. The number of carbonyl (C=O) groups is 1. The van der Waals surface area contributed by atoms with Crippen LogP contribution in [-0.4, -0.2) is 36.1 Å². The van der Waals surface area contributed by atoms with Crippen LogP contribution in [0.15, 0.2) is 42.6 Å². The van der Waals surface area contributed by atoms with Gasteiger partial charge in [0.15, 0.2) is 17.5 Å². The molecule has 12 heteroatoms. The van der Waals surface area contributed by atoms with E-state index in [4.69, 9.17) is 9.47 Å². The Morgan fingerprint density at radius 2 is 1.85 bits per heavy atom. The number of hydrogen-bond donors (Lipinski definition) is 2. The van der Waals surface area contributed by atoms with Crippen LogP contribution in [0.5, 0.6) is 11.5 Å². The highest BCUT2D eigenvalue weighted by Gasteiger charge is 2.47. The predicted octanol–water partition coefficient (Wildman–Crippen LogP) is 5.09. The van der Waals surface area contributed by atoms with Crippen LogP contribution in [0.3, 0.4) is 0 Å². The maximum absolute atomic E-state index is 14.0. The predicted molar refractivity (Wildman–Crippen MR) is 112 cm³/mol. The Hall–Kier alpha value is -3.83. The van der Waals surface area contributed by atoms with E-state index >= 15 is 0 Å². The summed E-state index contributed by atoms with van der Waals surface area (Å²) in [6, 6.07) is 4.35. The van der Waals surface area contributed by atoms with Crippen molar-refractivity contribution in [3.05, 3.63) is 65.4 Å². The molecule has 2 N–H and O–H groups in total. The Labute approximate surface area is 190 Å². The largest absolute Gasteiger partial charge is 0.493 e. The van der Waals surface area contributed by atoms with Gasteiger partial charge in [0.05, 0.1) is 32.1 Å². The molecule has 1 amide bonds. The van der Waals surface area contributed by atoms with Crippen LogP contribution in [-0.2, 0) is 0 Å². The van der Waals surface area contributed by atoms with Gasteiger partial charge in [-0.25, -0.2) is 13.5 Å². The Kier molecular flexibility index (Phi) is 6.07. The zero-order valence-electron chi connectivity index (χ0n) is 17.9. The monoisotopic (exact) mass is 482 g/mol. The molecule has 4 rings (SSSR count). The Bertz CT molecular complexity index is 1230. The molecule has 2 heterocycles. The van der Waals surface area contributed by atoms with Crippen LogP contribution in [0, 0.1) is 11.6 Å². The molecule has 0 saturated heterocycles. The molecule has 0 fully saturated rings. The summed E-state index contributed by atoms with van der Waals surface area (Å²) in [6.07, 6.45) is -4.09. The van der Waals surface area contributed by atoms with Crippen molar-refractivity contribution >= 4 is 17.4 Å². The summed E-state index contributed by atoms with van der Waals surface area (Å²) in [5.41, 5.74) is -0.0931. The van der Waals surface area contributed by atoms with E-state index < -0.39 is 42.2 Å². The topological polar surface area (TPSA) is 77.4 Å². The van der Waals surface area contributed by atoms with Gasteiger partial charge < -0.3 is 20.1 Å². The van der Waals surface area contributed by atoms with Crippen molar-refractivity contribution in [2.45, 2.75) is 24.7 Å². The van der Waals surface area contributed by atoms with Crippen molar-refractivity contribution in [3.63, 3.8) is 0 Å². The Morgan fingerprint density at radius 3 is 2.50 bits per heavy atom. The zero-order chi connectivity index (χ0) is 24.6. The molecule has 0 saturated carbocycles. The number of rotatable bonds is 5. The maximum Gasteiger partial charge on any atom is 0.410 e. The fourth-order valence-corrected chi connectivity index (χ4v) is 3.80. The van der Waals surface area contributed by atoms with Gasteiger partial charge in [-0.15, -0.1) is 0 Å². The first-order valence-corrected chi connectivity index (χ1v) is 10.0. The molecule has 0 aliphatic carbocycles. The summed E-state index contributed by atoms with van der Waals surface area (Å²) in [5, 5.41) is 8.94. The van der Waals surface area contributed by atoms with E-state index in [-0.39, 0.29) is 17.1 Å². The average Bonchev–Trinajstić information content (AvgIpc) is 3.23. The van der Waals surface area contributed by atoms with E-state index in [1.807, 2.05) is 0 Å². The second-order valence-electron chi connectivity index (χ2n) is 7.53. The molecule has 34 heavy (non-hydrogen) atoms. The summed E-state index contributed by atoms with van der Waals surface area (Å²) < 4.78 is 79.9. The van der Waals surface area contributed by atoms with Gasteiger partial charge in [-0.3, -0.25) is 4.79 Å². The highest BCUT2D eigenvalue weighted by Crippen LogP contribution is 2.45. The van der Waals surface area contributed by atoms with E-state index in [1.54, 1.807) is 18.2 Å². The van der Waals surface area contributed by atoms with Gasteiger partial charge in [-0.05, 0) is 29.8 Å². The molecule has 7 nitrogen and oxygen atoms in total. The van der Waals surface area contributed by atoms with Gasteiger partial charge in [0.25, 0.3) is 5.91 Å². The number of nitrogens with zero attached hydrogens (tertiary/aromatic N) is 2. The fourth-order valence-electron chi connectivity index (χ4n) is 3.80. The van der Waals surface area contributed by atoms with Crippen LogP contribution >= 0.6 is 0 Å². The van der Waals surface area contributed by atoms with Crippen molar-refractivity contribution in [1.82, 2.24) is 9.78 Å². The molecule has 0 bridgehead atoms. The van der Waals surface area contributed by atoms with E-state index in [0.29, 0.717) is 27.8 Å². The van der Waals surface area contributed by atoms with Crippen molar-refractivity contribution in [2.75, 3.05) is 24.9 Å². The standard InChI is InChI=1S/C22H19F5N4O3/c1-33-17-6-3-11(7-18(17)34-2)16-9-19(22(25,26)27)31-20(29-16)13(10-28-31)21(32)30-15-5-4-12(23)8-14(15)24/h3-8,10,16,19,29H,9H2,1-2H3,(H,30,32). The van der Waals surface area contributed by atoms with Crippen molar-refractivity contribution < 1.29 is 36.2 Å². The minimum absolute atomic E-state index is 0.187. The molecular formula is C22H19F5N4O3. The van der Waals surface area contributed by atoms with Gasteiger partial charge in [0, 0.05) is 12.5 Å². The number of carbonyl (C=O) groups excluding carboxylic acids is 1. The lowest BCUT2D eigenvalue weighted by Crippen LogP contribution is -2.36. The number of aromatic nitrogens is 2. The third-order valence-corrected chi connectivity index (χ3v) is 5.47. The molecule has 180 valence electrons. The van der Waals surface area contributed by atoms with E-state index in [0.717, 1.165) is 18.3 Å². The lowest BCUT2D eigenvalue weighted by molar-refractivity contribution is -0.173. The number of alkyl halides is 3. The molecule has 1 aromatic heterocycles. The number of methoxy groups -OCH3 is 2. The first kappa shape index (κ1) is 23.3. The summed E-state index contributed by atoms with van der Waals surface area (Å²) in [5.74, 6) is -2.24. The van der Waals surface area contributed by atoms with Gasteiger partial charge in [-0.2, -0.15) is 18.3 Å². The van der Waals surface area contributed by atoms with Crippen LogP contribution in [0.2, 0.25) is 0 Å². The number of amides is 1. The highest BCUT2D eigenvalue weighted by atomic mass is 19.4. The van der Waals surface area contributed by atoms with Crippen molar-refractivity contribution in [3.8, 4) is 11.5 Å². The maximum atomic E-state index is 14.0. The second kappa shape index (κ2) is 8.84. The third-order valence-electron chi connectivity index (χ3n) is 5.47. The average molecular weight is 482 g/mol. The number of ether oxygens (including phenoxy) is 2. The third kappa shape index (κ3) is 4.35. The second-order valence-corrected chi connectivity index (χ2v) is 7.53. The van der Waals surface area contributed by atoms with Crippen LogP contribution in [0.25, 0.3) is 0 Å². The summed E-state index contributed by atoms with van der Waals surface area (Å²) in [7, 11) is 2.84. The molecule has 1 aliphatic rings. The lowest BCUT2D eigenvalue weighted by Gasteiger charge is -2.34. The minimum atomic E-state index is -4.66. The Morgan fingerprint density at radius 1 is 1.12 bits per heavy atom. The van der Waals surface area contributed by atoms with Gasteiger partial charge >= 0.3 is 6.18 Å². The first-order chi connectivity index (χ1) is 16.1. The van der Waals surface area contributed by atoms with Gasteiger partial charge in [0.1, 0.15) is 23.0 Å². The molecule has 2 atom stereocenters. The van der Waals surface area contributed by atoms with Crippen LogP contribution in [0.4, 0.5) is 33.5 Å². The molecule has 2 unspecified atom stereocenters. The highest BCUT2D eigenvalue weighted by molar-refractivity contribution is 6.07. The van der Waals surface area contributed by atoms with Gasteiger partial charge in [-0.1, -0.05) is 6.07 Å². The number of hydrogen-bond acceptors (Lipinski definition) is 5. The minimum Gasteiger partial charge on any atom is -0.493 e. The number of benzene rings is 2. The quantitative estimate of drug-likeness (QED) is 0.496. The van der Waals surface area contributed by atoms with Crippen molar-refractivity contribution in [1.29, 1.82) is 0 Å². The number of nitrogens with one attached hydrogen (secondary N) is 2. The lowest BCUT2D eigenvalue weighted by atomic mass is 9.96. The van der Waals surface area contributed by atoms with E-state index in [9.17, 15) is 26.7 Å².